The molecule has 0 radical (unpaired) electrons. The normalized spacial score (nSPS) is 15.7. The number of hydrogen-bond acceptors (Lipinski definition) is 4. The van der Waals surface area contributed by atoms with E-state index in [9.17, 15) is 9.59 Å². The maximum atomic E-state index is 11.9. The quantitative estimate of drug-likeness (QED) is 0.727. The van der Waals surface area contributed by atoms with E-state index in [-0.39, 0.29) is 5.92 Å². The third kappa shape index (κ3) is 3.54. The number of amides is 1. The molecule has 1 heterocycles. The Morgan fingerprint density at radius 2 is 2.22 bits per heavy atom. The van der Waals surface area contributed by atoms with Crippen LogP contribution in [-0.4, -0.2) is 23.0 Å². The second-order valence-electron chi connectivity index (χ2n) is 4.20. The molecule has 3 atom stereocenters. The highest BCUT2D eigenvalue weighted by molar-refractivity contribution is 7.10. The molecule has 100 valence electrons. The van der Waals surface area contributed by atoms with E-state index < -0.39 is 24.0 Å². The van der Waals surface area contributed by atoms with Crippen LogP contribution in [0.25, 0.3) is 0 Å². The molecule has 1 rings (SSSR count). The van der Waals surface area contributed by atoms with Gasteiger partial charge < -0.3 is 16.2 Å². The van der Waals surface area contributed by atoms with Crippen LogP contribution in [0.1, 0.15) is 31.2 Å². The highest BCUT2D eigenvalue weighted by atomic mass is 32.1. The number of carboxylic acid groups (broad SMARTS) is 1. The minimum atomic E-state index is -1.03. The van der Waals surface area contributed by atoms with E-state index in [1.54, 1.807) is 19.1 Å². The van der Waals surface area contributed by atoms with Crippen LogP contribution < -0.4 is 11.1 Å². The number of carbonyl (C=O) groups excluding carboxylic acids is 1. The zero-order valence-electron chi connectivity index (χ0n) is 10.4. The molecule has 5 nitrogen and oxygen atoms in total. The number of hydrogen-bond donors (Lipinski definition) is 3. The van der Waals surface area contributed by atoms with Gasteiger partial charge in [-0.25, -0.2) is 4.79 Å². The van der Waals surface area contributed by atoms with Gasteiger partial charge in [-0.1, -0.05) is 26.3 Å². The van der Waals surface area contributed by atoms with Gasteiger partial charge in [0.25, 0.3) is 0 Å². The van der Waals surface area contributed by atoms with Crippen LogP contribution in [0.3, 0.4) is 0 Å². The minimum absolute atomic E-state index is 0.137. The molecule has 0 saturated carbocycles. The fourth-order valence-electron chi connectivity index (χ4n) is 1.52. The van der Waals surface area contributed by atoms with Gasteiger partial charge in [0.2, 0.25) is 5.91 Å². The van der Waals surface area contributed by atoms with E-state index in [0.717, 1.165) is 4.88 Å². The zero-order valence-corrected chi connectivity index (χ0v) is 11.2. The van der Waals surface area contributed by atoms with Crippen LogP contribution in [0.4, 0.5) is 0 Å². The topological polar surface area (TPSA) is 92.4 Å². The molecule has 0 aliphatic heterocycles. The van der Waals surface area contributed by atoms with Gasteiger partial charge >= 0.3 is 5.97 Å². The smallest absolute Gasteiger partial charge is 0.326 e. The Bertz CT molecular complexity index is 405. The third-order valence-corrected chi connectivity index (χ3v) is 3.86. The molecule has 2 unspecified atom stereocenters. The highest BCUT2D eigenvalue weighted by Gasteiger charge is 2.28. The molecule has 1 amide bonds. The standard InChI is InChI=1S/C12H18N2O3S/c1-3-7(2)10(12(16)17)14-11(15)9(13)8-5-4-6-18-8/h4-7,9-10H,3,13H2,1-2H3,(H,14,15)(H,16,17)/t7?,9?,10-/m0/s1. The Morgan fingerprint density at radius 3 is 2.67 bits per heavy atom. The largest absolute Gasteiger partial charge is 0.480 e. The number of carboxylic acids is 1. The van der Waals surface area contributed by atoms with Gasteiger partial charge in [0.05, 0.1) is 0 Å². The summed E-state index contributed by atoms with van der Waals surface area (Å²) in [4.78, 5) is 23.7. The van der Waals surface area contributed by atoms with Gasteiger partial charge in [0.15, 0.2) is 0 Å². The molecule has 0 aromatic carbocycles. The number of rotatable bonds is 6. The average Bonchev–Trinajstić information content (AvgIpc) is 2.87. The number of nitrogens with one attached hydrogen (secondary N) is 1. The summed E-state index contributed by atoms with van der Waals surface area (Å²) in [6, 6.07) is 1.86. The second kappa shape index (κ2) is 6.51. The molecule has 6 heteroatoms. The molecule has 0 aliphatic rings. The Kier molecular flexibility index (Phi) is 5.30. The maximum absolute atomic E-state index is 11.9. The van der Waals surface area contributed by atoms with Crippen molar-refractivity contribution in [2.24, 2.45) is 11.7 Å². The predicted molar refractivity (Wildman–Crippen MR) is 70.3 cm³/mol. The zero-order chi connectivity index (χ0) is 13.7. The molecule has 1 aromatic rings. The van der Waals surface area contributed by atoms with Crippen molar-refractivity contribution in [1.82, 2.24) is 5.32 Å². The van der Waals surface area contributed by atoms with E-state index >= 15 is 0 Å². The lowest BCUT2D eigenvalue weighted by molar-refractivity contribution is -0.143. The predicted octanol–water partition coefficient (Wildman–Crippen LogP) is 1.36. The first-order chi connectivity index (χ1) is 8.47. The Labute approximate surface area is 110 Å². The van der Waals surface area contributed by atoms with Crippen LogP contribution in [0.2, 0.25) is 0 Å². The van der Waals surface area contributed by atoms with Crippen LogP contribution >= 0.6 is 11.3 Å². The summed E-state index contributed by atoms with van der Waals surface area (Å²) in [5.41, 5.74) is 5.78. The van der Waals surface area contributed by atoms with Crippen molar-refractivity contribution in [3.05, 3.63) is 22.4 Å². The van der Waals surface area contributed by atoms with Crippen molar-refractivity contribution in [1.29, 1.82) is 0 Å². The molecule has 4 N–H and O–H groups in total. The fourth-order valence-corrected chi connectivity index (χ4v) is 2.25. The van der Waals surface area contributed by atoms with Gasteiger partial charge in [-0.15, -0.1) is 11.3 Å². The summed E-state index contributed by atoms with van der Waals surface area (Å²) in [6.07, 6.45) is 0.672. The van der Waals surface area contributed by atoms with Gasteiger partial charge in [0.1, 0.15) is 12.1 Å². The van der Waals surface area contributed by atoms with Crippen molar-refractivity contribution in [2.45, 2.75) is 32.4 Å². The monoisotopic (exact) mass is 270 g/mol. The van der Waals surface area contributed by atoms with Crippen molar-refractivity contribution >= 4 is 23.2 Å². The minimum Gasteiger partial charge on any atom is -0.480 e. The lowest BCUT2D eigenvalue weighted by atomic mass is 9.99. The molecule has 18 heavy (non-hydrogen) atoms. The van der Waals surface area contributed by atoms with E-state index in [2.05, 4.69) is 5.32 Å². The molecule has 0 fully saturated rings. The molecular formula is C12H18N2O3S. The van der Waals surface area contributed by atoms with Crippen molar-refractivity contribution in [2.75, 3.05) is 0 Å². The Hall–Kier alpha value is -1.40. The van der Waals surface area contributed by atoms with Crippen LogP contribution in [0.15, 0.2) is 17.5 Å². The molecule has 0 bridgehead atoms. The number of nitrogens with two attached hydrogens (primary N) is 1. The van der Waals surface area contributed by atoms with Crippen molar-refractivity contribution in [3.8, 4) is 0 Å². The van der Waals surface area contributed by atoms with E-state index in [1.165, 1.54) is 11.3 Å². The second-order valence-corrected chi connectivity index (χ2v) is 5.18. The summed E-state index contributed by atoms with van der Waals surface area (Å²) in [5.74, 6) is -1.62. The Balaban J connectivity index is 2.70. The van der Waals surface area contributed by atoms with E-state index in [1.807, 2.05) is 12.3 Å². The van der Waals surface area contributed by atoms with Gasteiger partial charge in [-0.05, 0) is 17.4 Å². The first kappa shape index (κ1) is 14.7. The first-order valence-electron chi connectivity index (χ1n) is 5.79. The van der Waals surface area contributed by atoms with E-state index in [0.29, 0.717) is 6.42 Å². The van der Waals surface area contributed by atoms with Gasteiger partial charge in [-0.3, -0.25) is 4.79 Å². The first-order valence-corrected chi connectivity index (χ1v) is 6.67. The fraction of sp³-hybridized carbons (Fsp3) is 0.500. The third-order valence-electron chi connectivity index (χ3n) is 2.91. The lowest BCUT2D eigenvalue weighted by Crippen LogP contribution is -2.48. The molecule has 0 saturated heterocycles. The van der Waals surface area contributed by atoms with Crippen molar-refractivity contribution in [3.63, 3.8) is 0 Å². The molecule has 1 aromatic heterocycles. The molecule has 0 aliphatic carbocycles. The number of carbonyl (C=O) groups is 2. The number of thiophene rings is 1. The van der Waals surface area contributed by atoms with Gasteiger partial charge in [-0.2, -0.15) is 0 Å². The lowest BCUT2D eigenvalue weighted by Gasteiger charge is -2.21. The summed E-state index contributed by atoms with van der Waals surface area (Å²) in [7, 11) is 0. The summed E-state index contributed by atoms with van der Waals surface area (Å²) >= 11 is 1.38. The van der Waals surface area contributed by atoms with Crippen LogP contribution in [0.5, 0.6) is 0 Å². The number of aliphatic carboxylic acids is 1. The summed E-state index contributed by atoms with van der Waals surface area (Å²) in [6.45, 7) is 3.67. The van der Waals surface area contributed by atoms with Crippen molar-refractivity contribution < 1.29 is 14.7 Å². The highest BCUT2D eigenvalue weighted by Crippen LogP contribution is 2.17. The summed E-state index contributed by atoms with van der Waals surface area (Å²) in [5, 5.41) is 13.4. The molecule has 0 spiro atoms. The maximum Gasteiger partial charge on any atom is 0.326 e. The van der Waals surface area contributed by atoms with Gasteiger partial charge in [0, 0.05) is 4.88 Å². The molecular weight excluding hydrogens is 252 g/mol. The van der Waals surface area contributed by atoms with Crippen LogP contribution in [-0.2, 0) is 9.59 Å². The van der Waals surface area contributed by atoms with Crippen LogP contribution in [0, 0.1) is 5.92 Å². The Morgan fingerprint density at radius 1 is 1.56 bits per heavy atom. The summed E-state index contributed by atoms with van der Waals surface area (Å²) < 4.78 is 0. The average molecular weight is 270 g/mol. The SMILES string of the molecule is CCC(C)[C@H](NC(=O)C(N)c1cccs1)C(=O)O. The van der Waals surface area contributed by atoms with E-state index in [4.69, 9.17) is 10.8 Å².